The zero-order chi connectivity index (χ0) is 25.6. The van der Waals surface area contributed by atoms with Gasteiger partial charge in [-0.3, -0.25) is 13.9 Å². The van der Waals surface area contributed by atoms with E-state index in [0.717, 1.165) is 16.1 Å². The summed E-state index contributed by atoms with van der Waals surface area (Å²) in [6, 6.07) is 11.1. The van der Waals surface area contributed by atoms with Crippen molar-refractivity contribution < 1.29 is 18.0 Å². The molecule has 0 aromatic heterocycles. The number of nitrogens with zero attached hydrogens (tertiary/aromatic N) is 2. The van der Waals surface area contributed by atoms with E-state index in [-0.39, 0.29) is 18.4 Å². The monoisotopic (exact) mass is 527 g/mol. The van der Waals surface area contributed by atoms with Gasteiger partial charge in [-0.05, 0) is 43.5 Å². The van der Waals surface area contributed by atoms with Gasteiger partial charge in [0.25, 0.3) is 0 Å². The van der Waals surface area contributed by atoms with Crippen LogP contribution in [0.3, 0.4) is 0 Å². The molecule has 0 aliphatic heterocycles. The van der Waals surface area contributed by atoms with Gasteiger partial charge in [-0.25, -0.2) is 8.42 Å². The minimum Gasteiger partial charge on any atom is -0.355 e. The van der Waals surface area contributed by atoms with Crippen molar-refractivity contribution in [2.24, 2.45) is 0 Å². The number of carbonyl (C=O) groups excluding carboxylic acids is 2. The van der Waals surface area contributed by atoms with Crippen LogP contribution in [0.5, 0.6) is 0 Å². The first-order valence-corrected chi connectivity index (χ1v) is 13.6. The van der Waals surface area contributed by atoms with Crippen LogP contribution in [-0.4, -0.2) is 50.5 Å². The molecule has 2 rings (SSSR count). The molecule has 0 bridgehead atoms. The molecular formula is C24H31Cl2N3O4S. The molecule has 2 aromatic rings. The van der Waals surface area contributed by atoms with E-state index >= 15 is 0 Å². The number of halogens is 2. The third-order valence-electron chi connectivity index (χ3n) is 5.42. The van der Waals surface area contributed by atoms with Gasteiger partial charge in [0.1, 0.15) is 12.6 Å². The largest absolute Gasteiger partial charge is 0.355 e. The summed E-state index contributed by atoms with van der Waals surface area (Å²) in [4.78, 5) is 27.5. The van der Waals surface area contributed by atoms with Gasteiger partial charge in [0.15, 0.2) is 0 Å². The molecule has 0 aliphatic carbocycles. The Kier molecular flexibility index (Phi) is 9.79. The Morgan fingerprint density at radius 2 is 1.59 bits per heavy atom. The summed E-state index contributed by atoms with van der Waals surface area (Å²) in [7, 11) is -3.81. The van der Waals surface area contributed by atoms with E-state index in [1.807, 2.05) is 26.0 Å². The van der Waals surface area contributed by atoms with Crippen LogP contribution < -0.4 is 9.62 Å². The SMILES string of the molecule is CCNC(=O)[C@H](C)N(Cc1c(Cl)cccc1Cl)C(=O)CN(c1ccccc1C(C)C)S(C)(=O)=O. The Morgan fingerprint density at radius 1 is 1.00 bits per heavy atom. The second-order valence-corrected chi connectivity index (χ2v) is 11.0. The zero-order valence-corrected chi connectivity index (χ0v) is 22.3. The summed E-state index contributed by atoms with van der Waals surface area (Å²) in [6.45, 7) is 7.10. The van der Waals surface area contributed by atoms with E-state index < -0.39 is 28.5 Å². The number of likely N-dealkylation sites (N-methyl/N-ethyl adjacent to an activating group) is 1. The van der Waals surface area contributed by atoms with Crippen LogP contribution in [-0.2, 0) is 26.2 Å². The van der Waals surface area contributed by atoms with Gasteiger partial charge < -0.3 is 10.2 Å². The smallest absolute Gasteiger partial charge is 0.244 e. The quantitative estimate of drug-likeness (QED) is 0.494. The average Bonchev–Trinajstić information content (AvgIpc) is 2.76. The second kappa shape index (κ2) is 11.9. The molecule has 0 saturated carbocycles. The molecule has 0 spiro atoms. The van der Waals surface area contributed by atoms with Crippen molar-refractivity contribution in [3.8, 4) is 0 Å². The first kappa shape index (κ1) is 28.0. The van der Waals surface area contributed by atoms with Gasteiger partial charge in [-0.1, -0.05) is 61.3 Å². The van der Waals surface area contributed by atoms with Crippen LogP contribution in [0.4, 0.5) is 5.69 Å². The van der Waals surface area contributed by atoms with Crippen LogP contribution in [0.15, 0.2) is 42.5 Å². The van der Waals surface area contributed by atoms with Gasteiger partial charge in [0.05, 0.1) is 11.9 Å². The molecule has 2 aromatic carbocycles. The highest BCUT2D eigenvalue weighted by molar-refractivity contribution is 7.92. The normalized spacial score (nSPS) is 12.4. The van der Waals surface area contributed by atoms with Gasteiger partial charge in [0, 0.05) is 28.7 Å². The molecule has 0 heterocycles. The van der Waals surface area contributed by atoms with Crippen molar-refractivity contribution in [2.45, 2.75) is 46.2 Å². The highest BCUT2D eigenvalue weighted by Crippen LogP contribution is 2.30. The number of anilines is 1. The molecule has 0 fully saturated rings. The van der Waals surface area contributed by atoms with Crippen LogP contribution in [0.25, 0.3) is 0 Å². The Morgan fingerprint density at radius 3 is 2.12 bits per heavy atom. The fraction of sp³-hybridized carbons (Fsp3) is 0.417. The summed E-state index contributed by atoms with van der Waals surface area (Å²) in [6.07, 6.45) is 1.06. The Bertz CT molecular complexity index is 1120. The van der Waals surface area contributed by atoms with Gasteiger partial charge in [0.2, 0.25) is 21.8 Å². The Labute approximate surface area is 212 Å². The third kappa shape index (κ3) is 6.87. The molecule has 0 aliphatic rings. The third-order valence-corrected chi connectivity index (χ3v) is 7.25. The van der Waals surface area contributed by atoms with Crippen molar-refractivity contribution in [1.82, 2.24) is 10.2 Å². The van der Waals surface area contributed by atoms with Crippen LogP contribution >= 0.6 is 23.2 Å². The number of benzene rings is 2. The average molecular weight is 529 g/mol. The number of hydrogen-bond donors (Lipinski definition) is 1. The summed E-state index contributed by atoms with van der Waals surface area (Å²) < 4.78 is 26.6. The molecule has 34 heavy (non-hydrogen) atoms. The van der Waals surface area contributed by atoms with Crippen molar-refractivity contribution in [3.05, 3.63) is 63.6 Å². The maximum Gasteiger partial charge on any atom is 0.244 e. The molecule has 7 nitrogen and oxygen atoms in total. The van der Waals surface area contributed by atoms with Gasteiger partial charge in [-0.2, -0.15) is 0 Å². The lowest BCUT2D eigenvalue weighted by Gasteiger charge is -2.32. The first-order valence-electron chi connectivity index (χ1n) is 10.9. The number of rotatable bonds is 10. The topological polar surface area (TPSA) is 86.8 Å². The van der Waals surface area contributed by atoms with Crippen molar-refractivity contribution in [3.63, 3.8) is 0 Å². The van der Waals surface area contributed by atoms with E-state index in [4.69, 9.17) is 23.2 Å². The molecule has 0 saturated heterocycles. The van der Waals surface area contributed by atoms with Gasteiger partial charge in [-0.15, -0.1) is 0 Å². The van der Waals surface area contributed by atoms with E-state index in [1.165, 1.54) is 4.90 Å². The minimum absolute atomic E-state index is 0.0304. The fourth-order valence-corrected chi connectivity index (χ4v) is 4.94. The molecular weight excluding hydrogens is 497 g/mol. The highest BCUT2D eigenvalue weighted by atomic mass is 35.5. The van der Waals surface area contributed by atoms with Crippen LogP contribution in [0.2, 0.25) is 10.0 Å². The summed E-state index contributed by atoms with van der Waals surface area (Å²) >= 11 is 12.6. The van der Waals surface area contributed by atoms with Gasteiger partial charge >= 0.3 is 0 Å². The number of para-hydroxylation sites is 1. The highest BCUT2D eigenvalue weighted by Gasteiger charge is 2.31. The Hall–Kier alpha value is -2.29. The molecule has 2 amide bonds. The minimum atomic E-state index is -3.81. The van der Waals surface area contributed by atoms with E-state index in [2.05, 4.69) is 5.32 Å². The fourth-order valence-electron chi connectivity index (χ4n) is 3.56. The molecule has 10 heteroatoms. The number of amides is 2. The lowest BCUT2D eigenvalue weighted by Crippen LogP contribution is -2.51. The summed E-state index contributed by atoms with van der Waals surface area (Å²) in [5.41, 5.74) is 1.69. The molecule has 1 atom stereocenters. The lowest BCUT2D eigenvalue weighted by molar-refractivity contribution is -0.139. The molecule has 0 radical (unpaired) electrons. The van der Waals surface area contributed by atoms with Crippen LogP contribution in [0, 0.1) is 0 Å². The summed E-state index contributed by atoms with van der Waals surface area (Å²) in [5.74, 6) is -0.894. The van der Waals surface area contributed by atoms with Crippen LogP contribution in [0.1, 0.15) is 44.7 Å². The lowest BCUT2D eigenvalue weighted by atomic mass is 10.0. The Balaban J connectivity index is 2.51. The predicted octanol–water partition coefficient (Wildman–Crippen LogP) is 4.44. The van der Waals surface area contributed by atoms with E-state index in [0.29, 0.717) is 27.8 Å². The van der Waals surface area contributed by atoms with Crippen molar-refractivity contribution in [2.75, 3.05) is 23.7 Å². The first-order chi connectivity index (χ1) is 15.9. The summed E-state index contributed by atoms with van der Waals surface area (Å²) in [5, 5.41) is 3.40. The number of sulfonamides is 1. The van der Waals surface area contributed by atoms with E-state index in [9.17, 15) is 18.0 Å². The number of hydrogen-bond acceptors (Lipinski definition) is 4. The maximum absolute atomic E-state index is 13.6. The standard InChI is InChI=1S/C24H31Cl2N3O4S/c1-6-27-24(31)17(4)28(14-19-20(25)11-9-12-21(19)26)23(30)15-29(34(5,32)33)22-13-8-7-10-18(22)16(2)3/h7-13,16-17H,6,14-15H2,1-5H3,(H,27,31)/t17-/m0/s1. The van der Waals surface area contributed by atoms with Crippen molar-refractivity contribution >= 4 is 50.7 Å². The second-order valence-electron chi connectivity index (χ2n) is 8.28. The molecule has 1 N–H and O–H groups in total. The molecule has 0 unspecified atom stereocenters. The predicted molar refractivity (Wildman–Crippen MR) is 138 cm³/mol. The molecule has 186 valence electrons. The zero-order valence-electron chi connectivity index (χ0n) is 20.0. The number of carbonyl (C=O) groups is 2. The maximum atomic E-state index is 13.6. The van der Waals surface area contributed by atoms with Crippen molar-refractivity contribution in [1.29, 1.82) is 0 Å². The number of nitrogens with one attached hydrogen (secondary N) is 1. The van der Waals surface area contributed by atoms with E-state index in [1.54, 1.807) is 44.2 Å².